The number of amides is 1. The number of benzene rings is 1. The summed E-state index contributed by atoms with van der Waals surface area (Å²) in [5.74, 6) is 0.0650. The lowest BCUT2D eigenvalue weighted by Crippen LogP contribution is -2.58. The molecule has 0 unspecified atom stereocenters. The van der Waals surface area contributed by atoms with Gasteiger partial charge in [0.15, 0.2) is 0 Å². The Morgan fingerprint density at radius 2 is 2.11 bits per heavy atom. The van der Waals surface area contributed by atoms with Crippen LogP contribution < -0.4 is 5.32 Å². The summed E-state index contributed by atoms with van der Waals surface area (Å²) in [5, 5.41) is 4.02. The van der Waals surface area contributed by atoms with E-state index in [4.69, 9.17) is 11.6 Å². The molecule has 0 spiro atoms. The molecule has 1 saturated heterocycles. The quantitative estimate of drug-likeness (QED) is 0.847. The number of carbonyl (C=O) groups excluding carboxylic acids is 1. The summed E-state index contributed by atoms with van der Waals surface area (Å²) < 4.78 is 0. The summed E-state index contributed by atoms with van der Waals surface area (Å²) in [6.45, 7) is 8.46. The largest absolute Gasteiger partial charge is 0.336 e. The molecular weight excluding hydrogens is 248 g/mol. The number of nitrogens with zero attached hydrogens (tertiary/aromatic N) is 1. The highest BCUT2D eigenvalue weighted by atomic mass is 35.5. The van der Waals surface area contributed by atoms with Gasteiger partial charge < -0.3 is 10.2 Å². The topological polar surface area (TPSA) is 32.3 Å². The third-order valence-corrected chi connectivity index (χ3v) is 3.37. The van der Waals surface area contributed by atoms with E-state index in [0.29, 0.717) is 10.6 Å². The summed E-state index contributed by atoms with van der Waals surface area (Å²) in [7, 11) is 0. The third kappa shape index (κ3) is 3.03. The van der Waals surface area contributed by atoms with Gasteiger partial charge in [0.25, 0.3) is 5.91 Å². The van der Waals surface area contributed by atoms with Gasteiger partial charge in [-0.3, -0.25) is 4.79 Å². The minimum atomic E-state index is -0.0263. The lowest BCUT2D eigenvalue weighted by atomic mass is 10.0. The van der Waals surface area contributed by atoms with Crippen molar-refractivity contribution in [2.75, 3.05) is 19.6 Å². The molecule has 0 saturated carbocycles. The van der Waals surface area contributed by atoms with Gasteiger partial charge in [0.05, 0.1) is 0 Å². The molecule has 0 bridgehead atoms. The maximum absolute atomic E-state index is 12.4. The van der Waals surface area contributed by atoms with Crippen molar-refractivity contribution in [1.29, 1.82) is 0 Å². The van der Waals surface area contributed by atoms with Crippen LogP contribution in [0.5, 0.6) is 0 Å². The molecule has 1 fully saturated rings. The average molecular weight is 267 g/mol. The Kier molecular flexibility index (Phi) is 3.64. The summed E-state index contributed by atoms with van der Waals surface area (Å²) >= 11 is 6.01. The van der Waals surface area contributed by atoms with Crippen molar-refractivity contribution in [2.45, 2.75) is 26.3 Å². The number of halogens is 1. The Morgan fingerprint density at radius 1 is 1.39 bits per heavy atom. The average Bonchev–Trinajstić information content (AvgIpc) is 2.25. The van der Waals surface area contributed by atoms with Gasteiger partial charge in [-0.25, -0.2) is 0 Å². The summed E-state index contributed by atoms with van der Waals surface area (Å²) in [6.07, 6.45) is 0. The van der Waals surface area contributed by atoms with Gasteiger partial charge in [0.1, 0.15) is 0 Å². The number of aryl methyl sites for hydroxylation is 1. The molecule has 1 N–H and O–H groups in total. The van der Waals surface area contributed by atoms with E-state index in [1.807, 2.05) is 24.0 Å². The van der Waals surface area contributed by atoms with Crippen LogP contribution >= 0.6 is 11.6 Å². The molecule has 18 heavy (non-hydrogen) atoms. The van der Waals surface area contributed by atoms with Crippen molar-refractivity contribution in [1.82, 2.24) is 10.2 Å². The monoisotopic (exact) mass is 266 g/mol. The Hall–Kier alpha value is -1.06. The van der Waals surface area contributed by atoms with E-state index in [2.05, 4.69) is 19.2 Å². The second-order valence-corrected chi connectivity index (χ2v) is 5.99. The van der Waals surface area contributed by atoms with Crippen LogP contribution in [-0.4, -0.2) is 36.0 Å². The van der Waals surface area contributed by atoms with Gasteiger partial charge in [-0.05, 0) is 44.5 Å². The molecule has 0 radical (unpaired) electrons. The minimum Gasteiger partial charge on any atom is -0.336 e. The Bertz CT molecular complexity index is 451. The van der Waals surface area contributed by atoms with E-state index in [1.165, 1.54) is 0 Å². The van der Waals surface area contributed by atoms with Gasteiger partial charge in [-0.15, -0.1) is 0 Å². The van der Waals surface area contributed by atoms with Crippen molar-refractivity contribution in [3.8, 4) is 0 Å². The normalized spacial score (nSPS) is 18.8. The number of piperazine rings is 1. The highest BCUT2D eigenvalue weighted by Gasteiger charge is 2.29. The van der Waals surface area contributed by atoms with Crippen molar-refractivity contribution >= 4 is 17.5 Å². The molecule has 3 nitrogen and oxygen atoms in total. The predicted molar refractivity (Wildman–Crippen MR) is 74.2 cm³/mol. The second kappa shape index (κ2) is 4.90. The first-order chi connectivity index (χ1) is 8.37. The number of nitrogens with one attached hydrogen (secondary N) is 1. The van der Waals surface area contributed by atoms with Crippen LogP contribution in [0.25, 0.3) is 0 Å². The fourth-order valence-corrected chi connectivity index (χ4v) is 2.65. The lowest BCUT2D eigenvalue weighted by molar-refractivity contribution is 0.0652. The highest BCUT2D eigenvalue weighted by molar-refractivity contribution is 6.31. The van der Waals surface area contributed by atoms with Crippen molar-refractivity contribution in [3.63, 3.8) is 0 Å². The van der Waals surface area contributed by atoms with E-state index in [-0.39, 0.29) is 11.4 Å². The zero-order valence-corrected chi connectivity index (χ0v) is 11.8. The van der Waals surface area contributed by atoms with E-state index in [9.17, 15) is 4.79 Å². The first-order valence-electron chi connectivity index (χ1n) is 6.19. The van der Waals surface area contributed by atoms with Crippen LogP contribution in [0.1, 0.15) is 29.8 Å². The van der Waals surface area contributed by atoms with Gasteiger partial charge in [-0.2, -0.15) is 0 Å². The third-order valence-electron chi connectivity index (χ3n) is 3.15. The van der Waals surface area contributed by atoms with Crippen LogP contribution in [-0.2, 0) is 0 Å². The van der Waals surface area contributed by atoms with Crippen molar-refractivity contribution < 1.29 is 4.79 Å². The molecule has 1 heterocycles. The molecular formula is C14H19ClN2O. The fraction of sp³-hybridized carbons (Fsp3) is 0.500. The van der Waals surface area contributed by atoms with Crippen molar-refractivity contribution in [2.24, 2.45) is 0 Å². The number of hydrogen-bond donors (Lipinski definition) is 1. The van der Waals surface area contributed by atoms with Gasteiger partial charge in [0, 0.05) is 35.8 Å². The van der Waals surface area contributed by atoms with Gasteiger partial charge >= 0.3 is 0 Å². The summed E-state index contributed by atoms with van der Waals surface area (Å²) in [6, 6.07) is 5.50. The molecule has 0 atom stereocenters. The summed E-state index contributed by atoms with van der Waals surface area (Å²) in [4.78, 5) is 14.3. The zero-order chi connectivity index (χ0) is 13.3. The number of carbonyl (C=O) groups is 1. The number of rotatable bonds is 1. The van der Waals surface area contributed by atoms with Crippen LogP contribution in [0, 0.1) is 6.92 Å². The first kappa shape index (κ1) is 13.4. The van der Waals surface area contributed by atoms with E-state index in [1.54, 1.807) is 6.07 Å². The van der Waals surface area contributed by atoms with E-state index < -0.39 is 0 Å². The summed E-state index contributed by atoms with van der Waals surface area (Å²) in [5.41, 5.74) is 1.67. The maximum Gasteiger partial charge on any atom is 0.254 e. The molecule has 1 aromatic carbocycles. The van der Waals surface area contributed by atoms with Crippen LogP contribution in [0.4, 0.5) is 0 Å². The predicted octanol–water partition coefficient (Wildman–Crippen LogP) is 2.47. The molecule has 2 rings (SSSR count). The van der Waals surface area contributed by atoms with Crippen LogP contribution in [0.3, 0.4) is 0 Å². The van der Waals surface area contributed by atoms with Gasteiger partial charge in [0.2, 0.25) is 0 Å². The van der Waals surface area contributed by atoms with Gasteiger partial charge in [-0.1, -0.05) is 11.6 Å². The standard InChI is InChI=1S/C14H19ClN2O/c1-10-6-11(8-12(15)7-10)13(18)17-5-4-16-14(2,3)9-17/h6-8,16H,4-5,9H2,1-3H3. The molecule has 1 aliphatic rings. The first-order valence-corrected chi connectivity index (χ1v) is 6.57. The van der Waals surface area contributed by atoms with Crippen molar-refractivity contribution in [3.05, 3.63) is 34.3 Å². The fourth-order valence-electron chi connectivity index (χ4n) is 2.36. The maximum atomic E-state index is 12.4. The second-order valence-electron chi connectivity index (χ2n) is 5.55. The lowest BCUT2D eigenvalue weighted by Gasteiger charge is -2.39. The Morgan fingerprint density at radius 3 is 2.72 bits per heavy atom. The molecule has 1 aliphatic heterocycles. The Labute approximate surface area is 113 Å². The molecule has 1 amide bonds. The molecule has 1 aromatic rings. The zero-order valence-electron chi connectivity index (χ0n) is 11.1. The number of hydrogen-bond acceptors (Lipinski definition) is 2. The molecule has 4 heteroatoms. The molecule has 98 valence electrons. The minimum absolute atomic E-state index is 0.0263. The smallest absolute Gasteiger partial charge is 0.254 e. The highest BCUT2D eigenvalue weighted by Crippen LogP contribution is 2.18. The molecule has 0 aromatic heterocycles. The molecule has 0 aliphatic carbocycles. The van der Waals surface area contributed by atoms with Crippen LogP contribution in [0.2, 0.25) is 5.02 Å². The van der Waals surface area contributed by atoms with E-state index in [0.717, 1.165) is 25.2 Å². The van der Waals surface area contributed by atoms with E-state index >= 15 is 0 Å². The van der Waals surface area contributed by atoms with Crippen LogP contribution in [0.15, 0.2) is 18.2 Å². The SMILES string of the molecule is Cc1cc(Cl)cc(C(=O)N2CCNC(C)(C)C2)c1. The Balaban J connectivity index is 2.20.